The number of thioether (sulfide) groups is 1. The Bertz CT molecular complexity index is 548. The van der Waals surface area contributed by atoms with Crippen LogP contribution < -0.4 is 11.3 Å². The van der Waals surface area contributed by atoms with Gasteiger partial charge in [-0.2, -0.15) is 0 Å². The van der Waals surface area contributed by atoms with Gasteiger partial charge in [0.05, 0.1) is 12.2 Å². The maximum Gasteiger partial charge on any atom is 0.146 e. The smallest absolute Gasteiger partial charge is 0.146 e. The van der Waals surface area contributed by atoms with Gasteiger partial charge in [-0.05, 0) is 25.1 Å². The third-order valence-electron chi connectivity index (χ3n) is 2.79. The van der Waals surface area contributed by atoms with Gasteiger partial charge < -0.3 is 0 Å². The summed E-state index contributed by atoms with van der Waals surface area (Å²) >= 11 is 1.64. The number of hydrogen-bond donors (Lipinski definition) is 2. The standard InChI is InChI=1S/C14H16FN3S/c1-10-3-2-4-11(7-10)19-9-14(18-16)12-5-6-17-8-13(12)15/h2-8,14,18H,9,16H2,1H3. The second-order valence-corrected chi connectivity index (χ2v) is 5.34. The molecule has 0 aliphatic heterocycles. The molecule has 1 atom stereocenters. The number of rotatable bonds is 5. The summed E-state index contributed by atoms with van der Waals surface area (Å²) in [6, 6.07) is 9.60. The summed E-state index contributed by atoms with van der Waals surface area (Å²) < 4.78 is 13.6. The molecule has 1 aromatic carbocycles. The molecule has 1 heterocycles. The molecule has 0 bridgehead atoms. The van der Waals surface area contributed by atoms with Crippen LogP contribution in [0.5, 0.6) is 0 Å². The fourth-order valence-corrected chi connectivity index (χ4v) is 2.86. The summed E-state index contributed by atoms with van der Waals surface area (Å²) in [7, 11) is 0. The molecular weight excluding hydrogens is 261 g/mol. The molecule has 0 spiro atoms. The van der Waals surface area contributed by atoms with Crippen molar-refractivity contribution in [3.8, 4) is 0 Å². The molecule has 19 heavy (non-hydrogen) atoms. The van der Waals surface area contributed by atoms with E-state index in [1.807, 2.05) is 25.1 Å². The van der Waals surface area contributed by atoms with Crippen molar-refractivity contribution >= 4 is 11.8 Å². The number of nitrogens with one attached hydrogen (secondary N) is 1. The highest BCUT2D eigenvalue weighted by Crippen LogP contribution is 2.25. The van der Waals surface area contributed by atoms with Gasteiger partial charge in [0.15, 0.2) is 0 Å². The SMILES string of the molecule is Cc1cccc(SCC(NN)c2ccncc2F)c1. The van der Waals surface area contributed by atoms with Gasteiger partial charge in [-0.1, -0.05) is 17.7 Å². The number of pyridine rings is 1. The Morgan fingerprint density at radius 1 is 1.42 bits per heavy atom. The summed E-state index contributed by atoms with van der Waals surface area (Å²) in [6.45, 7) is 2.05. The summed E-state index contributed by atoms with van der Waals surface area (Å²) in [4.78, 5) is 4.89. The van der Waals surface area contributed by atoms with Crippen molar-refractivity contribution < 1.29 is 4.39 Å². The highest BCUT2D eigenvalue weighted by molar-refractivity contribution is 7.99. The first-order chi connectivity index (χ1) is 9.20. The van der Waals surface area contributed by atoms with Gasteiger partial charge in [-0.15, -0.1) is 11.8 Å². The van der Waals surface area contributed by atoms with Crippen LogP contribution in [0.25, 0.3) is 0 Å². The molecule has 0 aliphatic rings. The topological polar surface area (TPSA) is 50.9 Å². The number of nitrogens with two attached hydrogens (primary N) is 1. The summed E-state index contributed by atoms with van der Waals surface area (Å²) in [5.41, 5.74) is 4.40. The summed E-state index contributed by atoms with van der Waals surface area (Å²) in [5.74, 6) is 5.83. The number of halogens is 1. The molecule has 100 valence electrons. The third kappa shape index (κ3) is 3.76. The van der Waals surface area contributed by atoms with Gasteiger partial charge >= 0.3 is 0 Å². The van der Waals surface area contributed by atoms with Gasteiger partial charge in [0.2, 0.25) is 0 Å². The minimum absolute atomic E-state index is 0.242. The predicted molar refractivity (Wildman–Crippen MR) is 76.2 cm³/mol. The molecule has 1 unspecified atom stereocenters. The molecule has 2 rings (SSSR count). The summed E-state index contributed by atoms with van der Waals surface area (Å²) in [5, 5.41) is 0. The number of aryl methyl sites for hydroxylation is 1. The van der Waals surface area contributed by atoms with E-state index >= 15 is 0 Å². The van der Waals surface area contributed by atoms with Crippen molar-refractivity contribution in [2.24, 2.45) is 5.84 Å². The molecule has 1 aromatic heterocycles. The van der Waals surface area contributed by atoms with E-state index in [9.17, 15) is 4.39 Å². The van der Waals surface area contributed by atoms with Crippen LogP contribution >= 0.6 is 11.8 Å². The Balaban J connectivity index is 2.06. The second kappa shape index (κ2) is 6.65. The fourth-order valence-electron chi connectivity index (χ4n) is 1.78. The Morgan fingerprint density at radius 3 is 2.95 bits per heavy atom. The van der Waals surface area contributed by atoms with Crippen LogP contribution in [0.4, 0.5) is 4.39 Å². The highest BCUT2D eigenvalue weighted by atomic mass is 32.2. The highest BCUT2D eigenvalue weighted by Gasteiger charge is 2.14. The van der Waals surface area contributed by atoms with E-state index in [4.69, 9.17) is 5.84 Å². The normalized spacial score (nSPS) is 12.4. The molecule has 0 saturated carbocycles. The minimum atomic E-state index is -0.338. The van der Waals surface area contributed by atoms with E-state index in [1.165, 1.54) is 11.8 Å². The van der Waals surface area contributed by atoms with Crippen LogP contribution in [-0.4, -0.2) is 10.7 Å². The van der Waals surface area contributed by atoms with Crippen LogP contribution in [-0.2, 0) is 0 Å². The van der Waals surface area contributed by atoms with Crippen LogP contribution in [0.3, 0.4) is 0 Å². The van der Waals surface area contributed by atoms with Crippen LogP contribution in [0.2, 0.25) is 0 Å². The lowest BCUT2D eigenvalue weighted by Crippen LogP contribution is -2.30. The van der Waals surface area contributed by atoms with Crippen LogP contribution in [0.15, 0.2) is 47.6 Å². The third-order valence-corrected chi connectivity index (χ3v) is 3.87. The van der Waals surface area contributed by atoms with Gasteiger partial charge in [-0.3, -0.25) is 16.3 Å². The average molecular weight is 277 g/mol. The van der Waals surface area contributed by atoms with E-state index in [0.717, 1.165) is 4.90 Å². The molecule has 2 aromatic rings. The lowest BCUT2D eigenvalue weighted by atomic mass is 10.1. The first-order valence-electron chi connectivity index (χ1n) is 5.95. The Morgan fingerprint density at radius 2 is 2.26 bits per heavy atom. The number of benzene rings is 1. The van der Waals surface area contributed by atoms with Crippen molar-refractivity contribution in [1.29, 1.82) is 0 Å². The van der Waals surface area contributed by atoms with Gasteiger partial charge in [0, 0.05) is 22.4 Å². The number of aromatic nitrogens is 1. The quantitative estimate of drug-likeness (QED) is 0.501. The Hall–Kier alpha value is -1.43. The largest absolute Gasteiger partial charge is 0.271 e. The zero-order valence-electron chi connectivity index (χ0n) is 10.6. The van der Waals surface area contributed by atoms with E-state index in [-0.39, 0.29) is 11.9 Å². The summed E-state index contributed by atoms with van der Waals surface area (Å²) in [6.07, 6.45) is 2.77. The second-order valence-electron chi connectivity index (χ2n) is 4.24. The Labute approximate surface area is 116 Å². The molecule has 5 heteroatoms. The maximum atomic E-state index is 13.6. The Kier molecular flexibility index (Phi) is 4.90. The first kappa shape index (κ1) is 14.0. The first-order valence-corrected chi connectivity index (χ1v) is 6.94. The zero-order chi connectivity index (χ0) is 13.7. The van der Waals surface area contributed by atoms with Crippen molar-refractivity contribution in [3.05, 3.63) is 59.7 Å². The van der Waals surface area contributed by atoms with Gasteiger partial charge in [0.25, 0.3) is 0 Å². The fraction of sp³-hybridized carbons (Fsp3) is 0.214. The van der Waals surface area contributed by atoms with Crippen LogP contribution in [0.1, 0.15) is 17.2 Å². The average Bonchev–Trinajstić information content (AvgIpc) is 2.41. The van der Waals surface area contributed by atoms with Crippen molar-refractivity contribution in [3.63, 3.8) is 0 Å². The van der Waals surface area contributed by atoms with Gasteiger partial charge in [-0.25, -0.2) is 4.39 Å². The molecule has 3 N–H and O–H groups in total. The molecular formula is C14H16FN3S. The van der Waals surface area contributed by atoms with Crippen molar-refractivity contribution in [2.75, 3.05) is 5.75 Å². The predicted octanol–water partition coefficient (Wildman–Crippen LogP) is 2.83. The molecule has 0 aliphatic carbocycles. The van der Waals surface area contributed by atoms with E-state index in [1.54, 1.807) is 24.0 Å². The number of hydrazine groups is 1. The maximum absolute atomic E-state index is 13.6. The monoisotopic (exact) mass is 277 g/mol. The zero-order valence-corrected chi connectivity index (χ0v) is 11.5. The number of hydrogen-bond acceptors (Lipinski definition) is 4. The van der Waals surface area contributed by atoms with Crippen molar-refractivity contribution in [1.82, 2.24) is 10.4 Å². The molecule has 0 amide bonds. The minimum Gasteiger partial charge on any atom is -0.271 e. The van der Waals surface area contributed by atoms with E-state index in [0.29, 0.717) is 11.3 Å². The molecule has 0 saturated heterocycles. The molecule has 3 nitrogen and oxygen atoms in total. The lowest BCUT2D eigenvalue weighted by molar-refractivity contribution is 0.542. The lowest BCUT2D eigenvalue weighted by Gasteiger charge is -2.16. The van der Waals surface area contributed by atoms with E-state index in [2.05, 4.69) is 16.5 Å². The van der Waals surface area contributed by atoms with E-state index < -0.39 is 0 Å². The molecule has 0 radical (unpaired) electrons. The van der Waals surface area contributed by atoms with Gasteiger partial charge in [0.1, 0.15) is 5.82 Å². The van der Waals surface area contributed by atoms with Crippen LogP contribution in [0, 0.1) is 12.7 Å². The molecule has 0 fully saturated rings. The number of nitrogens with zero attached hydrogens (tertiary/aromatic N) is 1. The van der Waals surface area contributed by atoms with Crippen molar-refractivity contribution in [2.45, 2.75) is 17.9 Å².